The zero-order valence-corrected chi connectivity index (χ0v) is 13.4. The van der Waals surface area contributed by atoms with Crippen LogP contribution >= 0.6 is 0 Å². The number of aromatic nitrogens is 2. The zero-order chi connectivity index (χ0) is 17.8. The monoisotopic (exact) mass is 343 g/mol. The maximum atomic E-state index is 13.1. The van der Waals surface area contributed by atoms with Crippen molar-refractivity contribution in [3.8, 4) is 11.5 Å². The molecule has 0 atom stereocenters. The van der Waals surface area contributed by atoms with Crippen LogP contribution in [0.5, 0.6) is 0 Å². The first-order valence-corrected chi connectivity index (χ1v) is 7.66. The van der Waals surface area contributed by atoms with Crippen LogP contribution in [-0.4, -0.2) is 16.1 Å². The van der Waals surface area contributed by atoms with Crippen molar-refractivity contribution >= 4 is 11.6 Å². The Kier molecular flexibility index (Phi) is 4.83. The van der Waals surface area contributed by atoms with Gasteiger partial charge in [0, 0.05) is 30.2 Å². The highest BCUT2D eigenvalue weighted by Gasteiger charge is 2.12. The fraction of sp³-hybridized carbons (Fsp3) is 0.167. The summed E-state index contributed by atoms with van der Waals surface area (Å²) < 4.78 is 31.6. The van der Waals surface area contributed by atoms with Crippen molar-refractivity contribution in [3.63, 3.8) is 0 Å². The van der Waals surface area contributed by atoms with Gasteiger partial charge in [-0.05, 0) is 30.7 Å². The van der Waals surface area contributed by atoms with Crippen molar-refractivity contribution in [2.75, 3.05) is 5.32 Å². The van der Waals surface area contributed by atoms with Gasteiger partial charge in [0.05, 0.1) is 0 Å². The van der Waals surface area contributed by atoms with Crippen molar-refractivity contribution in [1.29, 1.82) is 0 Å². The predicted octanol–water partition coefficient (Wildman–Crippen LogP) is 3.89. The first kappa shape index (κ1) is 16.8. The van der Waals surface area contributed by atoms with E-state index in [1.807, 2.05) is 31.2 Å². The molecule has 0 aliphatic rings. The lowest BCUT2D eigenvalue weighted by Crippen LogP contribution is -2.12. The summed E-state index contributed by atoms with van der Waals surface area (Å²) in [7, 11) is 0. The number of nitrogens with zero attached hydrogens (tertiary/aromatic N) is 2. The predicted molar refractivity (Wildman–Crippen MR) is 87.8 cm³/mol. The molecule has 128 valence electrons. The molecule has 0 radical (unpaired) electrons. The van der Waals surface area contributed by atoms with E-state index in [0.717, 1.165) is 23.3 Å². The maximum Gasteiger partial charge on any atom is 0.247 e. The molecular formula is C18H15F2N3O2. The van der Waals surface area contributed by atoms with Crippen LogP contribution in [0.2, 0.25) is 0 Å². The van der Waals surface area contributed by atoms with E-state index in [4.69, 9.17) is 4.42 Å². The second kappa shape index (κ2) is 7.21. The molecule has 0 aliphatic carbocycles. The molecule has 0 saturated heterocycles. The Morgan fingerprint density at radius 2 is 1.92 bits per heavy atom. The molecule has 1 heterocycles. The molecule has 0 unspecified atom stereocenters. The lowest BCUT2D eigenvalue weighted by Gasteiger charge is -2.04. The van der Waals surface area contributed by atoms with E-state index in [-0.39, 0.29) is 24.4 Å². The second-order valence-corrected chi connectivity index (χ2v) is 5.49. The number of benzene rings is 2. The summed E-state index contributed by atoms with van der Waals surface area (Å²) in [5.74, 6) is -1.61. The number of amides is 1. The van der Waals surface area contributed by atoms with Crippen molar-refractivity contribution in [3.05, 3.63) is 65.6 Å². The van der Waals surface area contributed by atoms with E-state index in [9.17, 15) is 13.6 Å². The van der Waals surface area contributed by atoms with E-state index in [0.29, 0.717) is 11.8 Å². The molecule has 1 N–H and O–H groups in total. The largest absolute Gasteiger partial charge is 0.421 e. The third-order valence-electron chi connectivity index (χ3n) is 3.61. The zero-order valence-electron chi connectivity index (χ0n) is 13.4. The average molecular weight is 343 g/mol. The third-order valence-corrected chi connectivity index (χ3v) is 3.61. The van der Waals surface area contributed by atoms with Gasteiger partial charge >= 0.3 is 0 Å². The van der Waals surface area contributed by atoms with Gasteiger partial charge in [-0.3, -0.25) is 4.79 Å². The van der Waals surface area contributed by atoms with E-state index < -0.39 is 11.6 Å². The smallest absolute Gasteiger partial charge is 0.247 e. The minimum absolute atomic E-state index is 0.0778. The number of carbonyl (C=O) groups excluding carboxylic acids is 1. The first-order chi connectivity index (χ1) is 12.0. The summed E-state index contributed by atoms with van der Waals surface area (Å²) >= 11 is 0. The van der Waals surface area contributed by atoms with Crippen LogP contribution in [-0.2, 0) is 11.2 Å². The number of hydrogen-bond donors (Lipinski definition) is 1. The van der Waals surface area contributed by atoms with E-state index in [1.165, 1.54) is 6.07 Å². The van der Waals surface area contributed by atoms with Crippen LogP contribution in [0.3, 0.4) is 0 Å². The second-order valence-electron chi connectivity index (χ2n) is 5.49. The third kappa shape index (κ3) is 4.06. The number of aryl methyl sites for hydroxylation is 2. The lowest BCUT2D eigenvalue weighted by atomic mass is 10.1. The van der Waals surface area contributed by atoms with Gasteiger partial charge in [0.25, 0.3) is 0 Å². The summed E-state index contributed by atoms with van der Waals surface area (Å²) in [6.07, 6.45) is 0.322. The Morgan fingerprint density at radius 3 is 2.68 bits per heavy atom. The van der Waals surface area contributed by atoms with E-state index in [2.05, 4.69) is 15.5 Å². The summed E-state index contributed by atoms with van der Waals surface area (Å²) in [5.41, 5.74) is 2.04. The standard InChI is InChI=1S/C18H15F2N3O2/c1-11-4-2-3-5-13(11)18-23-22-17(25-18)9-8-16(24)21-12-6-7-14(19)15(20)10-12/h2-7,10H,8-9H2,1H3,(H,21,24). The fourth-order valence-corrected chi connectivity index (χ4v) is 2.29. The average Bonchev–Trinajstić information content (AvgIpc) is 3.05. The number of rotatable bonds is 5. The van der Waals surface area contributed by atoms with Gasteiger partial charge in [-0.15, -0.1) is 10.2 Å². The molecule has 3 rings (SSSR count). The molecule has 7 heteroatoms. The summed E-state index contributed by atoms with van der Waals surface area (Å²) in [6, 6.07) is 10.8. The Labute approximate surface area is 142 Å². The lowest BCUT2D eigenvalue weighted by molar-refractivity contribution is -0.116. The highest BCUT2D eigenvalue weighted by Crippen LogP contribution is 2.22. The van der Waals surface area contributed by atoms with Crippen molar-refractivity contribution in [2.24, 2.45) is 0 Å². The highest BCUT2D eigenvalue weighted by atomic mass is 19.2. The molecule has 0 spiro atoms. The highest BCUT2D eigenvalue weighted by molar-refractivity contribution is 5.90. The van der Waals surface area contributed by atoms with Gasteiger partial charge in [-0.2, -0.15) is 0 Å². The molecular weight excluding hydrogens is 328 g/mol. The van der Waals surface area contributed by atoms with Crippen LogP contribution in [0, 0.1) is 18.6 Å². The minimum atomic E-state index is -1.02. The topological polar surface area (TPSA) is 68.0 Å². The molecule has 1 amide bonds. The molecule has 25 heavy (non-hydrogen) atoms. The number of nitrogens with one attached hydrogen (secondary N) is 1. The fourth-order valence-electron chi connectivity index (χ4n) is 2.29. The van der Waals surface area contributed by atoms with Crippen molar-refractivity contribution in [2.45, 2.75) is 19.8 Å². The Balaban J connectivity index is 1.59. The van der Waals surface area contributed by atoms with E-state index >= 15 is 0 Å². The SMILES string of the molecule is Cc1ccccc1-c1nnc(CCC(=O)Nc2ccc(F)c(F)c2)o1. The number of anilines is 1. The van der Waals surface area contributed by atoms with Crippen LogP contribution in [0.1, 0.15) is 17.9 Å². The molecule has 1 aromatic heterocycles. The van der Waals surface area contributed by atoms with Gasteiger partial charge in [-0.1, -0.05) is 18.2 Å². The maximum absolute atomic E-state index is 13.1. The quantitative estimate of drug-likeness (QED) is 0.763. The van der Waals surface area contributed by atoms with Gasteiger partial charge in [-0.25, -0.2) is 8.78 Å². The minimum Gasteiger partial charge on any atom is -0.421 e. The summed E-state index contributed by atoms with van der Waals surface area (Å²) in [5, 5.41) is 10.4. The van der Waals surface area contributed by atoms with Crippen molar-refractivity contribution < 1.29 is 18.0 Å². The van der Waals surface area contributed by atoms with Crippen LogP contribution in [0.15, 0.2) is 46.9 Å². The molecule has 0 aliphatic heterocycles. The summed E-state index contributed by atoms with van der Waals surface area (Å²) in [6.45, 7) is 1.94. The number of halogens is 2. The molecule has 3 aromatic rings. The Bertz CT molecular complexity index is 909. The number of carbonyl (C=O) groups is 1. The van der Waals surface area contributed by atoms with Crippen molar-refractivity contribution in [1.82, 2.24) is 10.2 Å². The Morgan fingerprint density at radius 1 is 1.12 bits per heavy atom. The molecule has 2 aromatic carbocycles. The van der Waals surface area contributed by atoms with Gasteiger partial charge in [0.1, 0.15) is 0 Å². The molecule has 5 nitrogen and oxygen atoms in total. The molecule has 0 bridgehead atoms. The van der Waals surface area contributed by atoms with E-state index in [1.54, 1.807) is 0 Å². The summed E-state index contributed by atoms with van der Waals surface area (Å²) in [4.78, 5) is 11.9. The van der Waals surface area contributed by atoms with Gasteiger partial charge in [0.15, 0.2) is 11.6 Å². The number of hydrogen-bond acceptors (Lipinski definition) is 4. The van der Waals surface area contributed by atoms with Crippen LogP contribution in [0.25, 0.3) is 11.5 Å². The van der Waals surface area contributed by atoms with Crippen LogP contribution in [0.4, 0.5) is 14.5 Å². The van der Waals surface area contributed by atoms with Gasteiger partial charge < -0.3 is 9.73 Å². The van der Waals surface area contributed by atoms with Gasteiger partial charge in [0.2, 0.25) is 17.7 Å². The molecule has 0 saturated carbocycles. The first-order valence-electron chi connectivity index (χ1n) is 7.66. The molecule has 0 fully saturated rings. The Hall–Kier alpha value is -3.09. The normalized spacial score (nSPS) is 10.7. The van der Waals surface area contributed by atoms with Crippen LogP contribution < -0.4 is 5.32 Å².